The van der Waals surface area contributed by atoms with Crippen LogP contribution in [0.15, 0.2) is 168 Å². The quantitative estimate of drug-likeness (QED) is 0.161. The number of ether oxygens (including phenoxy) is 4. The average Bonchev–Trinajstić information content (AvgIpc) is 3.25. The van der Waals surface area contributed by atoms with Gasteiger partial charge in [-0.15, -0.1) is 0 Å². The number of rotatable bonds is 4. The minimum absolute atomic E-state index is 0.0136. The van der Waals surface area contributed by atoms with Crippen LogP contribution in [0.5, 0.6) is 23.0 Å². The predicted octanol–water partition coefficient (Wildman–Crippen LogP) is 9.66. The van der Waals surface area contributed by atoms with E-state index in [1.807, 2.05) is 86.7 Å². The van der Waals surface area contributed by atoms with Crippen molar-refractivity contribution >= 4 is 31.4 Å². The normalized spacial score (nSPS) is 15.2. The molecule has 12 heteroatoms. The van der Waals surface area contributed by atoms with Crippen molar-refractivity contribution in [3.8, 4) is 23.0 Å². The van der Waals surface area contributed by atoms with Gasteiger partial charge in [0.25, 0.3) is 20.0 Å². The molecule has 6 aromatic rings. The van der Waals surface area contributed by atoms with E-state index in [2.05, 4.69) is 0 Å². The summed E-state index contributed by atoms with van der Waals surface area (Å²) in [7, 11) is -8.15. The molecule has 0 saturated carbocycles. The van der Waals surface area contributed by atoms with Crippen molar-refractivity contribution < 1.29 is 35.8 Å². The second kappa shape index (κ2) is 19.2. The summed E-state index contributed by atoms with van der Waals surface area (Å²) < 4.78 is 85.8. The summed E-state index contributed by atoms with van der Waals surface area (Å²) in [6, 6.07) is 42.5. The lowest BCUT2D eigenvalue weighted by Crippen LogP contribution is -2.31. The van der Waals surface area contributed by atoms with Gasteiger partial charge in [-0.25, -0.2) is 16.8 Å². The standard InChI is InChI=1S/C48H48N2O8S2/c1-37-23-27-41(28-24-37)59(51,52)49-35-39-15-3-7-19-45(39)55-31-11-12-32-56-46-20-8-4-16-40(46)36-50(60(53,54)42-29-25-38(2)26-30-42)44-18-6-10-22-48(44)58-34-14-13-33-57-47-21-9-5-17-43(47)49/h3-12,15-30H,13-14,31-36H2,1-2H3/b12-11-. The van der Waals surface area contributed by atoms with Crippen molar-refractivity contribution in [3.63, 3.8) is 0 Å². The summed E-state index contributed by atoms with van der Waals surface area (Å²) in [6.45, 7) is 4.72. The van der Waals surface area contributed by atoms with E-state index < -0.39 is 20.0 Å². The highest BCUT2D eigenvalue weighted by atomic mass is 32.2. The number of sulfonamides is 2. The van der Waals surface area contributed by atoms with Gasteiger partial charge in [-0.05, 0) is 99.5 Å². The molecule has 6 aromatic carbocycles. The van der Waals surface area contributed by atoms with Gasteiger partial charge < -0.3 is 18.9 Å². The first kappa shape index (κ1) is 41.9. The first-order valence-corrected chi connectivity index (χ1v) is 22.7. The Labute approximate surface area is 353 Å². The van der Waals surface area contributed by atoms with Crippen LogP contribution in [0, 0.1) is 13.8 Å². The second-order valence-corrected chi connectivity index (χ2v) is 18.0. The van der Waals surface area contributed by atoms with Crippen LogP contribution in [0.3, 0.4) is 0 Å². The van der Waals surface area contributed by atoms with Gasteiger partial charge in [0.15, 0.2) is 0 Å². The zero-order chi connectivity index (χ0) is 42.0. The molecule has 0 amide bonds. The molecule has 0 N–H and O–H groups in total. The van der Waals surface area contributed by atoms with Crippen LogP contribution in [0.4, 0.5) is 11.4 Å². The van der Waals surface area contributed by atoms with Crippen molar-refractivity contribution in [2.24, 2.45) is 0 Å². The summed E-state index contributed by atoms with van der Waals surface area (Å²) in [5.41, 5.74) is 4.00. The number of fused-ring (bicyclic) bond motifs is 4. The van der Waals surface area contributed by atoms with Crippen LogP contribution in [0.1, 0.15) is 35.1 Å². The Balaban J connectivity index is 1.23. The predicted molar refractivity (Wildman–Crippen MR) is 235 cm³/mol. The molecular formula is C48H48N2O8S2. The lowest BCUT2D eigenvalue weighted by atomic mass is 10.2. The third kappa shape index (κ3) is 9.95. The summed E-state index contributed by atoms with van der Waals surface area (Å²) in [5.74, 6) is 1.88. The van der Waals surface area contributed by atoms with Crippen molar-refractivity contribution in [2.45, 2.75) is 49.6 Å². The molecule has 7 rings (SSSR count). The molecular weight excluding hydrogens is 797 g/mol. The highest BCUT2D eigenvalue weighted by Crippen LogP contribution is 2.37. The number of aryl methyl sites for hydroxylation is 2. The maximum atomic E-state index is 14.5. The zero-order valence-corrected chi connectivity index (χ0v) is 35.3. The third-order valence-corrected chi connectivity index (χ3v) is 13.5. The molecule has 1 aliphatic rings. The number of anilines is 2. The molecule has 0 fully saturated rings. The van der Waals surface area contributed by atoms with E-state index in [1.54, 1.807) is 84.9 Å². The Morgan fingerprint density at radius 2 is 0.767 bits per heavy atom. The highest BCUT2D eigenvalue weighted by Gasteiger charge is 2.30. The molecule has 60 heavy (non-hydrogen) atoms. The number of hydrogen-bond donors (Lipinski definition) is 0. The fourth-order valence-electron chi connectivity index (χ4n) is 6.68. The topological polar surface area (TPSA) is 112 Å². The number of hydrogen-bond acceptors (Lipinski definition) is 8. The van der Waals surface area contributed by atoms with Gasteiger partial charge in [-0.1, -0.05) is 96.1 Å². The van der Waals surface area contributed by atoms with Crippen LogP contribution in [-0.2, 0) is 33.1 Å². The van der Waals surface area contributed by atoms with E-state index in [1.165, 1.54) is 8.61 Å². The molecule has 0 spiro atoms. The molecule has 0 aliphatic carbocycles. The van der Waals surface area contributed by atoms with Crippen LogP contribution >= 0.6 is 0 Å². The molecule has 310 valence electrons. The number of nitrogens with zero attached hydrogens (tertiary/aromatic N) is 2. The first-order chi connectivity index (χ1) is 29.1. The minimum atomic E-state index is -4.07. The van der Waals surface area contributed by atoms with E-state index in [0.29, 0.717) is 58.3 Å². The first-order valence-electron chi connectivity index (χ1n) is 19.8. The van der Waals surface area contributed by atoms with E-state index in [4.69, 9.17) is 18.9 Å². The van der Waals surface area contributed by atoms with Gasteiger partial charge >= 0.3 is 0 Å². The van der Waals surface area contributed by atoms with Crippen molar-refractivity contribution in [2.75, 3.05) is 35.0 Å². The summed E-state index contributed by atoms with van der Waals surface area (Å²) in [5, 5.41) is 0. The fourth-order valence-corrected chi connectivity index (χ4v) is 9.59. The molecule has 0 saturated heterocycles. The van der Waals surface area contributed by atoms with Crippen molar-refractivity contribution in [1.82, 2.24) is 0 Å². The van der Waals surface area contributed by atoms with E-state index in [9.17, 15) is 16.8 Å². The maximum absolute atomic E-state index is 14.5. The molecule has 10 nitrogen and oxygen atoms in total. The molecule has 0 atom stereocenters. The van der Waals surface area contributed by atoms with Gasteiger partial charge in [0.1, 0.15) is 36.2 Å². The summed E-state index contributed by atoms with van der Waals surface area (Å²) in [6.07, 6.45) is 4.79. The number of benzene rings is 6. The lowest BCUT2D eigenvalue weighted by Gasteiger charge is -2.28. The minimum Gasteiger partial charge on any atom is -0.491 e. The highest BCUT2D eigenvalue weighted by molar-refractivity contribution is 7.93. The molecule has 0 aromatic heterocycles. The third-order valence-electron chi connectivity index (χ3n) is 9.95. The van der Waals surface area contributed by atoms with E-state index in [-0.39, 0.29) is 49.3 Å². The van der Waals surface area contributed by atoms with Crippen LogP contribution in [-0.4, -0.2) is 43.3 Å². The Morgan fingerprint density at radius 1 is 0.417 bits per heavy atom. The van der Waals surface area contributed by atoms with Gasteiger partial charge in [0.2, 0.25) is 0 Å². The van der Waals surface area contributed by atoms with E-state index >= 15 is 0 Å². The van der Waals surface area contributed by atoms with Gasteiger partial charge in [-0.2, -0.15) is 0 Å². The monoisotopic (exact) mass is 844 g/mol. The fraction of sp³-hybridized carbons (Fsp3) is 0.208. The van der Waals surface area contributed by atoms with Gasteiger partial charge in [-0.3, -0.25) is 8.61 Å². The Kier molecular flexibility index (Phi) is 13.4. The Morgan fingerprint density at radius 3 is 1.17 bits per heavy atom. The summed E-state index contributed by atoms with van der Waals surface area (Å²) >= 11 is 0. The Bertz CT molecular complexity index is 2450. The second-order valence-electron chi connectivity index (χ2n) is 14.3. The van der Waals surface area contributed by atoms with Crippen LogP contribution < -0.4 is 27.6 Å². The van der Waals surface area contributed by atoms with Crippen molar-refractivity contribution in [1.29, 1.82) is 0 Å². The van der Waals surface area contributed by atoms with Crippen LogP contribution in [0.2, 0.25) is 0 Å². The van der Waals surface area contributed by atoms with Crippen LogP contribution in [0.25, 0.3) is 0 Å². The van der Waals surface area contributed by atoms with Gasteiger partial charge in [0.05, 0.1) is 47.5 Å². The zero-order valence-electron chi connectivity index (χ0n) is 33.6. The SMILES string of the molecule is Cc1ccc(S(=O)(=O)N2Cc3ccccc3OC/C=C\COc3ccccc3CN(S(=O)(=O)c3ccc(C)cc3)c3ccccc3OCCCCOc3ccccc32)cc1. The Hall–Kier alpha value is -6.24. The molecule has 1 aliphatic heterocycles. The van der Waals surface area contributed by atoms with Crippen molar-refractivity contribution in [3.05, 3.63) is 180 Å². The average molecular weight is 845 g/mol. The molecule has 1 heterocycles. The van der Waals surface area contributed by atoms with E-state index in [0.717, 1.165) is 11.1 Å². The maximum Gasteiger partial charge on any atom is 0.264 e. The molecule has 0 unspecified atom stereocenters. The molecule has 0 bridgehead atoms. The lowest BCUT2D eigenvalue weighted by molar-refractivity contribution is 0.267. The smallest absolute Gasteiger partial charge is 0.264 e. The number of para-hydroxylation sites is 6. The largest absolute Gasteiger partial charge is 0.491 e. The van der Waals surface area contributed by atoms with Gasteiger partial charge in [0, 0.05) is 11.1 Å². The molecule has 0 radical (unpaired) electrons. The summed E-state index contributed by atoms with van der Waals surface area (Å²) in [4.78, 5) is 0.309.